The third kappa shape index (κ3) is 4.50. The van der Waals surface area contributed by atoms with E-state index in [2.05, 4.69) is 38.8 Å². The van der Waals surface area contributed by atoms with Crippen molar-refractivity contribution in [2.24, 2.45) is 5.92 Å². The summed E-state index contributed by atoms with van der Waals surface area (Å²) in [4.78, 5) is 9.96. The molecule has 160 valence electrons. The minimum absolute atomic E-state index is 0.257. The van der Waals surface area contributed by atoms with Crippen LogP contribution in [-0.4, -0.2) is 34.9 Å². The van der Waals surface area contributed by atoms with Crippen molar-refractivity contribution in [2.45, 2.75) is 39.0 Å². The fraction of sp³-hybridized carbons (Fsp3) is 0.346. The minimum atomic E-state index is -0.257. The Labute approximate surface area is 183 Å². The lowest BCUT2D eigenvalue weighted by molar-refractivity contribution is -0.441. The third-order valence-electron chi connectivity index (χ3n) is 5.68. The van der Waals surface area contributed by atoms with Gasteiger partial charge in [0.15, 0.2) is 0 Å². The molecule has 0 amide bonds. The molecule has 0 fully saturated rings. The highest BCUT2D eigenvalue weighted by atomic mass is 19.1. The molecule has 1 aliphatic rings. The van der Waals surface area contributed by atoms with E-state index in [9.17, 15) is 4.39 Å². The van der Waals surface area contributed by atoms with E-state index in [0.29, 0.717) is 17.6 Å². The maximum Gasteiger partial charge on any atom is 0.334 e. The van der Waals surface area contributed by atoms with Gasteiger partial charge in [-0.25, -0.2) is 13.9 Å². The number of allylic oxidation sites excluding steroid dienone is 2. The zero-order valence-electron chi connectivity index (χ0n) is 18.4. The fourth-order valence-corrected chi connectivity index (χ4v) is 4.15. The van der Waals surface area contributed by atoms with Crippen molar-refractivity contribution in [3.8, 4) is 16.9 Å². The van der Waals surface area contributed by atoms with E-state index in [0.717, 1.165) is 59.5 Å². The molecular weight excluding hydrogens is 389 g/mol. The number of hydrogen-bond acceptors (Lipinski definition) is 3. The first-order chi connectivity index (χ1) is 15.0. The Balaban J connectivity index is 1.93. The molecule has 1 atom stereocenters. The molecular formula is C26H29FN3O+. The minimum Gasteiger partial charge on any atom is -0.494 e. The average molecular weight is 419 g/mol. The van der Waals surface area contributed by atoms with Crippen LogP contribution in [0.5, 0.6) is 5.75 Å². The second-order valence-electron chi connectivity index (χ2n) is 8.58. The molecule has 4 nitrogen and oxygen atoms in total. The predicted octanol–water partition coefficient (Wildman–Crippen LogP) is 6.27. The molecule has 0 aliphatic heterocycles. The van der Waals surface area contributed by atoms with Gasteiger partial charge in [-0.3, -0.25) is 0 Å². The fourth-order valence-electron chi connectivity index (χ4n) is 4.15. The summed E-state index contributed by atoms with van der Waals surface area (Å²) in [6.45, 7) is 9.40. The van der Waals surface area contributed by atoms with Crippen LogP contribution in [0.3, 0.4) is 0 Å². The molecule has 1 heterocycles. The van der Waals surface area contributed by atoms with Crippen LogP contribution in [0.2, 0.25) is 0 Å². The summed E-state index contributed by atoms with van der Waals surface area (Å²) in [5.74, 6) is 2.81. The van der Waals surface area contributed by atoms with Gasteiger partial charge in [0.05, 0.1) is 25.8 Å². The lowest BCUT2D eigenvalue weighted by Crippen LogP contribution is -2.15. The van der Waals surface area contributed by atoms with Crippen LogP contribution in [0.15, 0.2) is 48.6 Å². The third-order valence-corrected chi connectivity index (χ3v) is 5.68. The number of halogens is 1. The molecule has 0 saturated heterocycles. The number of aromatic nitrogens is 2. The van der Waals surface area contributed by atoms with Crippen molar-refractivity contribution < 1.29 is 13.7 Å². The van der Waals surface area contributed by atoms with Gasteiger partial charge in [-0.2, -0.15) is 0 Å². The average Bonchev–Trinajstić information content (AvgIpc) is 2.78. The number of benzene rings is 2. The molecule has 0 N–H and O–H groups in total. The van der Waals surface area contributed by atoms with E-state index in [-0.39, 0.29) is 5.82 Å². The molecule has 0 radical (unpaired) electrons. The second kappa shape index (κ2) is 8.96. The summed E-state index contributed by atoms with van der Waals surface area (Å²) in [5, 5.41) is 0.893. The first-order valence-electron chi connectivity index (χ1n) is 10.8. The Hall–Kier alpha value is -3.08. The molecule has 1 aromatic heterocycles. The van der Waals surface area contributed by atoms with Crippen LogP contribution in [0, 0.1) is 11.7 Å². The largest absolute Gasteiger partial charge is 0.494 e. The lowest BCUT2D eigenvalue weighted by atomic mass is 9.93. The van der Waals surface area contributed by atoms with E-state index in [4.69, 9.17) is 14.7 Å². The van der Waals surface area contributed by atoms with Crippen molar-refractivity contribution in [1.29, 1.82) is 0 Å². The number of hydrogen-bond donors (Lipinski definition) is 0. The van der Waals surface area contributed by atoms with Crippen LogP contribution in [0.4, 0.5) is 10.2 Å². The van der Waals surface area contributed by atoms with Gasteiger partial charge in [0.25, 0.3) is 0 Å². The quantitative estimate of drug-likeness (QED) is 0.269. The molecule has 3 aromatic rings. The molecule has 4 rings (SSSR count). The molecule has 0 saturated carbocycles. The van der Waals surface area contributed by atoms with Crippen LogP contribution in [0.25, 0.3) is 22.0 Å². The van der Waals surface area contributed by atoms with Crippen LogP contribution >= 0.6 is 0 Å². The summed E-state index contributed by atoms with van der Waals surface area (Å²) in [7, 11) is 1.66. The van der Waals surface area contributed by atoms with E-state index in [1.165, 1.54) is 12.1 Å². The number of nitrogens with zero attached hydrogens (tertiary/aromatic N) is 3. The van der Waals surface area contributed by atoms with Gasteiger partial charge >= 0.3 is 5.82 Å². The van der Waals surface area contributed by atoms with Gasteiger partial charge in [-0.1, -0.05) is 38.1 Å². The number of ether oxygens (including phenoxy) is 1. The number of rotatable bonds is 6. The smallest absolute Gasteiger partial charge is 0.334 e. The summed E-state index contributed by atoms with van der Waals surface area (Å²) < 4.78 is 21.2. The van der Waals surface area contributed by atoms with Crippen molar-refractivity contribution in [3.63, 3.8) is 0 Å². The highest BCUT2D eigenvalue weighted by Crippen LogP contribution is 2.37. The SMILES string of the molecule is C=[N+](CC(C)C)c1nc(C2CC=CCC2)nc2c(OC)cc(-c3ccc(F)cc3)cc12. The van der Waals surface area contributed by atoms with Crippen LogP contribution in [-0.2, 0) is 0 Å². The second-order valence-corrected chi connectivity index (χ2v) is 8.58. The Morgan fingerprint density at radius 1 is 1.13 bits per heavy atom. The van der Waals surface area contributed by atoms with Crippen LogP contribution < -0.4 is 4.74 Å². The van der Waals surface area contributed by atoms with Gasteiger partial charge in [0.2, 0.25) is 5.82 Å². The summed E-state index contributed by atoms with van der Waals surface area (Å²) in [6.07, 6.45) is 7.47. The van der Waals surface area contributed by atoms with Crippen molar-refractivity contribution in [1.82, 2.24) is 9.97 Å². The standard InChI is InChI=1S/C26H29FN3O/c1-17(2)16-30(3)26-22-14-20(18-10-12-21(27)13-11-18)15-23(31-4)24(22)28-25(29-26)19-8-6-5-7-9-19/h5-6,10-15,17,19H,3,7-9,16H2,1-2,4H3/q+1. The topological polar surface area (TPSA) is 38.0 Å². The van der Waals surface area contributed by atoms with E-state index < -0.39 is 0 Å². The zero-order valence-corrected chi connectivity index (χ0v) is 18.4. The highest BCUT2D eigenvalue weighted by Gasteiger charge is 2.27. The zero-order chi connectivity index (χ0) is 22.0. The molecule has 1 unspecified atom stereocenters. The van der Waals surface area contributed by atoms with Crippen LogP contribution in [0.1, 0.15) is 44.9 Å². The van der Waals surface area contributed by atoms with Gasteiger partial charge < -0.3 is 4.74 Å². The van der Waals surface area contributed by atoms with E-state index in [1.807, 2.05) is 10.6 Å². The molecule has 0 bridgehead atoms. The number of methoxy groups -OCH3 is 1. The molecule has 31 heavy (non-hydrogen) atoms. The summed E-state index contributed by atoms with van der Waals surface area (Å²) >= 11 is 0. The molecule has 0 spiro atoms. The van der Waals surface area contributed by atoms with Crippen molar-refractivity contribution >= 4 is 23.4 Å². The molecule has 1 aliphatic carbocycles. The Kier molecular flexibility index (Phi) is 6.12. The van der Waals surface area contributed by atoms with Gasteiger partial charge in [-0.15, -0.1) is 0 Å². The monoisotopic (exact) mass is 418 g/mol. The van der Waals surface area contributed by atoms with E-state index in [1.54, 1.807) is 19.2 Å². The maximum atomic E-state index is 13.4. The Bertz CT molecular complexity index is 1140. The summed E-state index contributed by atoms with van der Waals surface area (Å²) in [6, 6.07) is 10.5. The lowest BCUT2D eigenvalue weighted by Gasteiger charge is -2.16. The molecule has 2 aromatic carbocycles. The van der Waals surface area contributed by atoms with Gasteiger partial charge in [0.1, 0.15) is 17.1 Å². The normalized spacial score (nSPS) is 16.1. The first kappa shape index (κ1) is 21.2. The van der Waals surface area contributed by atoms with Crippen molar-refractivity contribution in [2.75, 3.05) is 13.7 Å². The Morgan fingerprint density at radius 3 is 2.55 bits per heavy atom. The maximum absolute atomic E-state index is 13.4. The Morgan fingerprint density at radius 2 is 1.90 bits per heavy atom. The van der Waals surface area contributed by atoms with Crippen molar-refractivity contribution in [3.05, 3.63) is 60.2 Å². The first-order valence-corrected chi connectivity index (χ1v) is 10.8. The summed E-state index contributed by atoms with van der Waals surface area (Å²) in [5.41, 5.74) is 2.63. The van der Waals surface area contributed by atoms with Gasteiger partial charge in [0, 0.05) is 5.92 Å². The van der Waals surface area contributed by atoms with E-state index >= 15 is 0 Å². The van der Waals surface area contributed by atoms with Gasteiger partial charge in [-0.05, 0) is 65.6 Å². The number of fused-ring (bicyclic) bond motifs is 1. The predicted molar refractivity (Wildman–Crippen MR) is 124 cm³/mol. The molecule has 5 heteroatoms. The highest BCUT2D eigenvalue weighted by molar-refractivity contribution is 5.95.